The molecule has 1 fully saturated rings. The van der Waals surface area contributed by atoms with E-state index >= 15 is 0 Å². The minimum Gasteiger partial charge on any atom is -0.368 e. The zero-order valence-electron chi connectivity index (χ0n) is 14.3. The van der Waals surface area contributed by atoms with Crippen molar-refractivity contribution in [3.63, 3.8) is 0 Å². The van der Waals surface area contributed by atoms with Gasteiger partial charge in [0.1, 0.15) is 5.82 Å². The smallest absolute Gasteiger partial charge is 0.253 e. The van der Waals surface area contributed by atoms with Crippen molar-refractivity contribution in [2.45, 2.75) is 13.1 Å². The molecule has 4 rings (SSSR count). The molecule has 2 aromatic carbocycles. The first-order valence-corrected chi connectivity index (χ1v) is 8.33. The number of anilines is 1. The number of hydrogen-bond donors (Lipinski definition) is 1. The van der Waals surface area contributed by atoms with Crippen LogP contribution in [0.5, 0.6) is 0 Å². The first kappa shape index (κ1) is 20.5. The van der Waals surface area contributed by atoms with E-state index in [9.17, 15) is 9.18 Å². The van der Waals surface area contributed by atoms with Gasteiger partial charge >= 0.3 is 0 Å². The van der Waals surface area contributed by atoms with Crippen molar-refractivity contribution in [2.24, 2.45) is 0 Å². The molecule has 2 aliphatic rings. The normalized spacial score (nSPS) is 15.7. The first-order chi connectivity index (χ1) is 11.7. The average molecular weight is 398 g/mol. The fourth-order valence-corrected chi connectivity index (χ4v) is 3.43. The van der Waals surface area contributed by atoms with Crippen LogP contribution in [-0.4, -0.2) is 37.0 Å². The number of nitrogens with zero attached hydrogens (tertiary/aromatic N) is 2. The highest BCUT2D eigenvalue weighted by Crippen LogP contribution is 2.20. The molecule has 0 atom stereocenters. The highest BCUT2D eigenvalue weighted by Gasteiger charge is 2.23. The number of carbonyl (C=O) groups is 1. The highest BCUT2D eigenvalue weighted by atomic mass is 35.5. The molecule has 1 saturated heterocycles. The van der Waals surface area contributed by atoms with Gasteiger partial charge in [-0.1, -0.05) is 6.07 Å². The van der Waals surface area contributed by atoms with Crippen molar-refractivity contribution in [3.8, 4) is 0 Å². The number of benzene rings is 2. The lowest BCUT2D eigenvalue weighted by Crippen LogP contribution is -2.48. The largest absolute Gasteiger partial charge is 0.368 e. The number of hydrogen-bond acceptors (Lipinski definition) is 3. The first-order valence-electron chi connectivity index (χ1n) is 8.33. The average Bonchev–Trinajstić information content (AvgIpc) is 3.09. The Kier molecular flexibility index (Phi) is 6.87. The van der Waals surface area contributed by atoms with Crippen LogP contribution in [0.4, 0.5) is 10.1 Å². The van der Waals surface area contributed by atoms with Gasteiger partial charge in [-0.15, -0.1) is 24.8 Å². The zero-order chi connectivity index (χ0) is 16.5. The second kappa shape index (κ2) is 8.71. The Bertz CT molecular complexity index is 762. The van der Waals surface area contributed by atoms with E-state index in [1.54, 1.807) is 12.1 Å². The molecule has 2 aliphatic heterocycles. The van der Waals surface area contributed by atoms with Crippen molar-refractivity contribution < 1.29 is 9.18 Å². The van der Waals surface area contributed by atoms with Crippen LogP contribution in [0, 0.1) is 5.82 Å². The topological polar surface area (TPSA) is 35.6 Å². The highest BCUT2D eigenvalue weighted by molar-refractivity contribution is 5.94. The van der Waals surface area contributed by atoms with E-state index < -0.39 is 0 Å². The molecule has 0 spiro atoms. The molecule has 2 heterocycles. The maximum Gasteiger partial charge on any atom is 0.253 e. The summed E-state index contributed by atoms with van der Waals surface area (Å²) in [6, 6.07) is 12.5. The lowest BCUT2D eigenvalue weighted by Gasteiger charge is -2.36. The minimum absolute atomic E-state index is 0. The molecular formula is C19H22Cl2FN3O. The lowest BCUT2D eigenvalue weighted by atomic mass is 10.1. The molecule has 140 valence electrons. The fourth-order valence-electron chi connectivity index (χ4n) is 3.43. The molecule has 0 aliphatic carbocycles. The van der Waals surface area contributed by atoms with E-state index in [0.717, 1.165) is 37.4 Å². The van der Waals surface area contributed by atoms with E-state index in [1.165, 1.54) is 23.3 Å². The maximum atomic E-state index is 13.0. The lowest BCUT2D eigenvalue weighted by molar-refractivity contribution is 0.0746. The van der Waals surface area contributed by atoms with E-state index in [0.29, 0.717) is 13.1 Å². The summed E-state index contributed by atoms with van der Waals surface area (Å²) in [4.78, 5) is 16.8. The Morgan fingerprint density at radius 3 is 2.23 bits per heavy atom. The van der Waals surface area contributed by atoms with E-state index in [2.05, 4.69) is 16.3 Å². The Balaban J connectivity index is 0.00000121. The van der Waals surface area contributed by atoms with E-state index in [4.69, 9.17) is 0 Å². The number of carbonyl (C=O) groups excluding carboxylic acids is 1. The summed E-state index contributed by atoms with van der Waals surface area (Å²) in [5.41, 5.74) is 4.29. The summed E-state index contributed by atoms with van der Waals surface area (Å²) in [6.07, 6.45) is 0. The molecule has 4 nitrogen and oxygen atoms in total. The van der Waals surface area contributed by atoms with Gasteiger partial charge < -0.3 is 15.1 Å². The molecule has 1 amide bonds. The summed E-state index contributed by atoms with van der Waals surface area (Å²) in [5.74, 6) is -0.123. The van der Waals surface area contributed by atoms with E-state index in [-0.39, 0.29) is 36.5 Å². The van der Waals surface area contributed by atoms with Crippen molar-refractivity contribution in [1.82, 2.24) is 10.2 Å². The maximum absolute atomic E-state index is 13.0. The van der Waals surface area contributed by atoms with Crippen LogP contribution in [-0.2, 0) is 13.1 Å². The van der Waals surface area contributed by atoms with Crippen LogP contribution >= 0.6 is 24.8 Å². The monoisotopic (exact) mass is 397 g/mol. The van der Waals surface area contributed by atoms with Crippen LogP contribution in [0.3, 0.4) is 0 Å². The van der Waals surface area contributed by atoms with Gasteiger partial charge in [-0.3, -0.25) is 4.79 Å². The summed E-state index contributed by atoms with van der Waals surface area (Å²) in [5, 5.41) is 3.30. The summed E-state index contributed by atoms with van der Waals surface area (Å²) >= 11 is 0. The van der Waals surface area contributed by atoms with Gasteiger partial charge in [0.25, 0.3) is 5.91 Å². The number of halogens is 3. The molecule has 0 aromatic heterocycles. The standard InChI is InChI=1S/C19H20FN3O.2ClH/c20-17-3-5-18(6-4-17)22-7-9-23(10-8-22)19(24)14-1-2-15-12-21-13-16(15)11-14;;/h1-6,11,21H,7-10,12-13H2;2*1H. The second-order valence-electron chi connectivity index (χ2n) is 6.34. The number of piperazine rings is 1. The molecule has 0 bridgehead atoms. The van der Waals surface area contributed by atoms with Crippen LogP contribution in [0.15, 0.2) is 42.5 Å². The number of fused-ring (bicyclic) bond motifs is 1. The number of amides is 1. The summed E-state index contributed by atoms with van der Waals surface area (Å²) in [7, 11) is 0. The number of nitrogens with one attached hydrogen (secondary N) is 1. The van der Waals surface area contributed by atoms with Crippen molar-refractivity contribution in [2.75, 3.05) is 31.1 Å². The van der Waals surface area contributed by atoms with Crippen molar-refractivity contribution in [1.29, 1.82) is 0 Å². The third kappa shape index (κ3) is 4.11. The number of rotatable bonds is 2. The molecule has 0 unspecified atom stereocenters. The van der Waals surface area contributed by atoms with E-state index in [1.807, 2.05) is 17.0 Å². The summed E-state index contributed by atoms with van der Waals surface area (Å²) < 4.78 is 13.0. The summed E-state index contributed by atoms with van der Waals surface area (Å²) in [6.45, 7) is 4.64. The van der Waals surface area contributed by atoms with Crippen LogP contribution < -0.4 is 10.2 Å². The third-order valence-electron chi connectivity index (χ3n) is 4.84. The Hall–Kier alpha value is -1.82. The van der Waals surface area contributed by atoms with Gasteiger partial charge in [0, 0.05) is 50.5 Å². The van der Waals surface area contributed by atoms with Gasteiger partial charge in [-0.2, -0.15) is 0 Å². The minimum atomic E-state index is -0.223. The van der Waals surface area contributed by atoms with Gasteiger partial charge in [-0.25, -0.2) is 4.39 Å². The van der Waals surface area contributed by atoms with Crippen LogP contribution in [0.2, 0.25) is 0 Å². The van der Waals surface area contributed by atoms with Crippen molar-refractivity contribution in [3.05, 3.63) is 65.0 Å². The van der Waals surface area contributed by atoms with Crippen molar-refractivity contribution >= 4 is 36.4 Å². The molecule has 26 heavy (non-hydrogen) atoms. The molecule has 7 heteroatoms. The predicted octanol–water partition coefficient (Wildman–Crippen LogP) is 3.23. The Labute approximate surface area is 165 Å². The van der Waals surface area contributed by atoms with Gasteiger partial charge in [0.2, 0.25) is 0 Å². The molecular weight excluding hydrogens is 376 g/mol. The molecule has 1 N–H and O–H groups in total. The predicted molar refractivity (Wildman–Crippen MR) is 106 cm³/mol. The Morgan fingerprint density at radius 2 is 1.54 bits per heavy atom. The third-order valence-corrected chi connectivity index (χ3v) is 4.84. The molecule has 0 radical (unpaired) electrons. The van der Waals surface area contributed by atoms with Gasteiger partial charge in [0.15, 0.2) is 0 Å². The van der Waals surface area contributed by atoms with Gasteiger partial charge in [-0.05, 0) is 47.5 Å². The van der Waals surface area contributed by atoms with Crippen LogP contribution in [0.25, 0.3) is 0 Å². The molecule has 0 saturated carbocycles. The van der Waals surface area contributed by atoms with Gasteiger partial charge in [0.05, 0.1) is 0 Å². The SMILES string of the molecule is Cl.Cl.O=C(c1ccc2c(c1)CNC2)N1CCN(c2ccc(F)cc2)CC1. The zero-order valence-corrected chi connectivity index (χ0v) is 15.9. The fraction of sp³-hybridized carbons (Fsp3) is 0.316. The second-order valence-corrected chi connectivity index (χ2v) is 6.34. The van der Waals surface area contributed by atoms with Crippen LogP contribution in [0.1, 0.15) is 21.5 Å². The molecule has 2 aromatic rings. The quantitative estimate of drug-likeness (QED) is 0.844. The Morgan fingerprint density at radius 1 is 0.885 bits per heavy atom.